The Bertz CT molecular complexity index is 238. The first-order chi connectivity index (χ1) is 8.62. The van der Waals surface area contributed by atoms with Crippen molar-refractivity contribution in [2.75, 3.05) is 13.2 Å². The average molecular weight is 384 g/mol. The van der Waals surface area contributed by atoms with Crippen molar-refractivity contribution >= 4 is 16.6 Å². The summed E-state index contributed by atoms with van der Waals surface area (Å²) >= 11 is 0. The molecule has 0 aliphatic heterocycles. The van der Waals surface area contributed by atoms with Gasteiger partial charge in [0.1, 0.15) is 0 Å². The molecule has 0 bridgehead atoms. The fourth-order valence-corrected chi connectivity index (χ4v) is 2.83. The van der Waals surface area contributed by atoms with Crippen LogP contribution in [-0.4, -0.2) is 29.8 Å². The summed E-state index contributed by atoms with van der Waals surface area (Å²) in [6.45, 7) is 30.9. The van der Waals surface area contributed by atoms with E-state index in [1.807, 2.05) is 0 Å². The van der Waals surface area contributed by atoms with Gasteiger partial charge in [0, 0.05) is 0 Å². The van der Waals surface area contributed by atoms with Gasteiger partial charge in [0.2, 0.25) is 0 Å². The molecule has 0 spiro atoms. The van der Waals surface area contributed by atoms with Crippen LogP contribution in [0.4, 0.5) is 0 Å². The molecule has 0 aromatic rings. The molecule has 0 rings (SSSR count). The van der Waals surface area contributed by atoms with Gasteiger partial charge in [-0.2, -0.15) is 0 Å². The molecule has 124 valence electrons. The van der Waals surface area contributed by atoms with Gasteiger partial charge in [0.15, 0.2) is 16.6 Å². The second-order valence-corrected chi connectivity index (χ2v) is 17.8. The Morgan fingerprint density at radius 1 is 0.667 bits per heavy atom. The zero-order chi connectivity index (χ0) is 16.8. The second kappa shape index (κ2) is 9.97. The van der Waals surface area contributed by atoms with Gasteiger partial charge in [-0.3, -0.25) is 0 Å². The molecule has 0 atom stereocenters. The first-order valence-electron chi connectivity index (χ1n) is 7.49. The van der Waals surface area contributed by atoms with E-state index in [4.69, 9.17) is 8.85 Å². The Kier molecular flexibility index (Phi) is 12.7. The van der Waals surface area contributed by atoms with Crippen molar-refractivity contribution in [2.24, 2.45) is 0 Å². The van der Waals surface area contributed by atoms with Gasteiger partial charge in [0.05, 0.1) is 0 Å². The van der Waals surface area contributed by atoms with Crippen LogP contribution in [0.25, 0.3) is 0 Å². The Morgan fingerprint density at radius 3 is 0.905 bits per heavy atom. The monoisotopic (exact) mass is 382 g/mol. The molecular formula is C16H38O2Si2Zn. The molecule has 0 saturated heterocycles. The maximum Gasteiger partial charge on any atom is 2.00 e. The first kappa shape index (κ1) is 26.9. The molecule has 0 amide bonds. The minimum Gasteiger partial charge on any atom is -0.448 e. The van der Waals surface area contributed by atoms with Crippen LogP contribution in [0, 0.1) is 13.8 Å². The van der Waals surface area contributed by atoms with Gasteiger partial charge >= 0.3 is 19.5 Å². The second-order valence-electron chi connectivity index (χ2n) is 8.22. The van der Waals surface area contributed by atoms with Crippen LogP contribution in [-0.2, 0) is 28.3 Å². The molecule has 0 unspecified atom stereocenters. The molecule has 2 nitrogen and oxygen atoms in total. The summed E-state index contributed by atoms with van der Waals surface area (Å²) in [4.78, 5) is 0. The van der Waals surface area contributed by atoms with Crippen LogP contribution < -0.4 is 0 Å². The largest absolute Gasteiger partial charge is 2.00 e. The third-order valence-electron chi connectivity index (χ3n) is 4.54. The average Bonchev–Trinajstić information content (AvgIpc) is 2.14. The molecule has 0 aliphatic rings. The molecule has 0 aromatic heterocycles. The summed E-state index contributed by atoms with van der Waals surface area (Å²) in [5, 5.41) is 0.648. The van der Waals surface area contributed by atoms with Crippen molar-refractivity contribution < 1.29 is 28.3 Å². The van der Waals surface area contributed by atoms with Crippen molar-refractivity contribution in [3.05, 3.63) is 13.8 Å². The summed E-state index contributed by atoms with van der Waals surface area (Å²) in [6.07, 6.45) is 0. The minimum atomic E-state index is -1.47. The molecule has 0 N–H and O–H groups in total. The number of rotatable bonds is 4. The van der Waals surface area contributed by atoms with E-state index in [-0.39, 0.29) is 19.5 Å². The standard InChI is InChI=1S/2C8H19OSi.Zn/c2*1-7-9-10(5,6)8(2,3)4;/h2*1,7H2,2-6H3;/q2*-1;+2. The number of hydrogen-bond donors (Lipinski definition) is 0. The van der Waals surface area contributed by atoms with Gasteiger partial charge in [-0.25, -0.2) is 0 Å². The summed E-state index contributed by atoms with van der Waals surface area (Å²) in [7, 11) is -2.93. The van der Waals surface area contributed by atoms with Crippen LogP contribution in [0.3, 0.4) is 0 Å². The SMILES string of the molecule is [CH2-]CO[Si](C)(C)C(C)(C)C.[CH2-]CO[Si](C)(C)C(C)(C)C.[Zn+2]. The Hall–Kier alpha value is 0.977. The van der Waals surface area contributed by atoms with E-state index < -0.39 is 16.6 Å². The fourth-order valence-electron chi connectivity index (χ4n) is 0.943. The van der Waals surface area contributed by atoms with E-state index >= 15 is 0 Å². The molecule has 0 radical (unpaired) electrons. The van der Waals surface area contributed by atoms with Crippen LogP contribution in [0.15, 0.2) is 0 Å². The molecule has 0 aromatic carbocycles. The van der Waals surface area contributed by atoms with Crippen molar-refractivity contribution in [3.63, 3.8) is 0 Å². The van der Waals surface area contributed by atoms with E-state index in [2.05, 4.69) is 81.6 Å². The third kappa shape index (κ3) is 10.4. The molecule has 0 fully saturated rings. The van der Waals surface area contributed by atoms with Crippen LogP contribution in [0.1, 0.15) is 41.5 Å². The molecule has 0 aliphatic carbocycles. The van der Waals surface area contributed by atoms with E-state index in [1.165, 1.54) is 0 Å². The molecule has 0 heterocycles. The van der Waals surface area contributed by atoms with E-state index in [0.29, 0.717) is 23.3 Å². The van der Waals surface area contributed by atoms with E-state index in [0.717, 1.165) is 0 Å². The quantitative estimate of drug-likeness (QED) is 0.459. The zero-order valence-electron chi connectivity index (χ0n) is 16.4. The zero-order valence-corrected chi connectivity index (χ0v) is 21.3. The number of hydrogen-bond acceptors (Lipinski definition) is 2. The van der Waals surface area contributed by atoms with Crippen LogP contribution in [0.2, 0.25) is 36.3 Å². The van der Waals surface area contributed by atoms with E-state index in [1.54, 1.807) is 0 Å². The van der Waals surface area contributed by atoms with Crippen molar-refractivity contribution in [3.8, 4) is 0 Å². The van der Waals surface area contributed by atoms with Gasteiger partial charge in [-0.1, -0.05) is 54.8 Å². The van der Waals surface area contributed by atoms with Crippen LogP contribution >= 0.6 is 0 Å². The summed E-state index contributed by atoms with van der Waals surface area (Å²) in [6, 6.07) is 0. The van der Waals surface area contributed by atoms with Crippen LogP contribution in [0.5, 0.6) is 0 Å². The van der Waals surface area contributed by atoms with Gasteiger partial charge in [-0.05, 0) is 36.3 Å². The van der Waals surface area contributed by atoms with Crippen molar-refractivity contribution in [1.82, 2.24) is 0 Å². The van der Waals surface area contributed by atoms with Gasteiger partial charge in [0.25, 0.3) is 0 Å². The van der Waals surface area contributed by atoms with E-state index in [9.17, 15) is 0 Å². The van der Waals surface area contributed by atoms with Crippen molar-refractivity contribution in [2.45, 2.75) is 77.8 Å². The Morgan fingerprint density at radius 2 is 0.857 bits per heavy atom. The Balaban J connectivity index is -0.000000295. The van der Waals surface area contributed by atoms with Crippen molar-refractivity contribution in [1.29, 1.82) is 0 Å². The topological polar surface area (TPSA) is 18.5 Å². The third-order valence-corrected chi connectivity index (χ3v) is 13.6. The smallest absolute Gasteiger partial charge is 0.448 e. The molecule has 5 heteroatoms. The molecular weight excluding hydrogens is 346 g/mol. The predicted molar refractivity (Wildman–Crippen MR) is 97.0 cm³/mol. The minimum absolute atomic E-state index is 0. The normalized spacial score (nSPS) is 13.1. The maximum atomic E-state index is 5.62. The Labute approximate surface area is 149 Å². The maximum absolute atomic E-state index is 5.62. The summed E-state index contributed by atoms with van der Waals surface area (Å²) in [5.41, 5.74) is 0. The summed E-state index contributed by atoms with van der Waals surface area (Å²) < 4.78 is 11.2. The summed E-state index contributed by atoms with van der Waals surface area (Å²) in [5.74, 6) is 0. The first-order valence-corrected chi connectivity index (χ1v) is 13.3. The fraction of sp³-hybridized carbons (Fsp3) is 0.875. The molecule has 0 saturated carbocycles. The van der Waals surface area contributed by atoms with Gasteiger partial charge < -0.3 is 22.7 Å². The predicted octanol–water partition coefficient (Wildman–Crippen LogP) is 5.68. The van der Waals surface area contributed by atoms with Gasteiger partial charge in [-0.15, -0.1) is 0 Å². The molecule has 21 heavy (non-hydrogen) atoms.